The van der Waals surface area contributed by atoms with Gasteiger partial charge in [0.25, 0.3) is 5.91 Å². The number of ether oxygens (including phenoxy) is 1. The molecule has 0 aliphatic rings. The first-order valence-electron chi connectivity index (χ1n) is 6.56. The molecule has 2 N–H and O–H groups in total. The molecule has 1 heterocycles. The highest BCUT2D eigenvalue weighted by atomic mass is 32.1. The molecule has 1 aromatic carbocycles. The monoisotopic (exact) mass is 345 g/mol. The van der Waals surface area contributed by atoms with Gasteiger partial charge in [0.2, 0.25) is 0 Å². The van der Waals surface area contributed by atoms with Crippen molar-refractivity contribution in [1.82, 2.24) is 0 Å². The summed E-state index contributed by atoms with van der Waals surface area (Å²) in [5, 5.41) is 13.7. The van der Waals surface area contributed by atoms with Crippen LogP contribution in [0.4, 0.5) is 18.9 Å². The largest absolute Gasteiger partial charge is 0.490 e. The minimum absolute atomic E-state index is 0.110. The molecular formula is C15H14F3NO3S. The molecule has 124 valence electrons. The lowest BCUT2D eigenvalue weighted by atomic mass is 10.1. The zero-order chi connectivity index (χ0) is 17.1. The Morgan fingerprint density at radius 2 is 2.04 bits per heavy atom. The van der Waals surface area contributed by atoms with Gasteiger partial charge in [-0.25, -0.2) is 0 Å². The highest BCUT2D eigenvalue weighted by Gasteiger charge is 2.50. The van der Waals surface area contributed by atoms with Crippen molar-refractivity contribution in [2.24, 2.45) is 0 Å². The number of hydrogen-bond acceptors (Lipinski definition) is 4. The fourth-order valence-electron chi connectivity index (χ4n) is 1.57. The molecule has 0 aliphatic carbocycles. The van der Waals surface area contributed by atoms with Gasteiger partial charge in [0.1, 0.15) is 12.4 Å². The minimum Gasteiger partial charge on any atom is -0.490 e. The van der Waals surface area contributed by atoms with Gasteiger partial charge in [-0.15, -0.1) is 11.3 Å². The van der Waals surface area contributed by atoms with Gasteiger partial charge in [-0.2, -0.15) is 13.2 Å². The Morgan fingerprint density at radius 1 is 1.30 bits per heavy atom. The van der Waals surface area contributed by atoms with Crippen molar-refractivity contribution < 1.29 is 27.8 Å². The van der Waals surface area contributed by atoms with E-state index in [9.17, 15) is 23.1 Å². The standard InChI is InChI=1S/C15H14F3NO3S/c1-14(21,15(16,17)18)9-22-11-5-2-4-10(8-11)19-13(20)12-6-3-7-23-12/h2-8,21H,9H2,1H3,(H,19,20)/t14-/m0/s1. The molecule has 23 heavy (non-hydrogen) atoms. The van der Waals surface area contributed by atoms with Gasteiger partial charge >= 0.3 is 6.18 Å². The molecule has 0 saturated carbocycles. The maximum absolute atomic E-state index is 12.6. The van der Waals surface area contributed by atoms with E-state index < -0.39 is 18.4 Å². The van der Waals surface area contributed by atoms with Gasteiger partial charge in [-0.05, 0) is 30.5 Å². The molecule has 0 saturated heterocycles. The number of rotatable bonds is 5. The van der Waals surface area contributed by atoms with Crippen molar-refractivity contribution in [3.63, 3.8) is 0 Å². The molecular weight excluding hydrogens is 331 g/mol. The molecule has 2 rings (SSSR count). The van der Waals surface area contributed by atoms with E-state index in [-0.39, 0.29) is 11.7 Å². The van der Waals surface area contributed by atoms with Gasteiger partial charge in [-0.1, -0.05) is 12.1 Å². The SMILES string of the molecule is C[C@](O)(COc1cccc(NC(=O)c2cccs2)c1)C(F)(F)F. The van der Waals surface area contributed by atoms with Gasteiger partial charge in [-0.3, -0.25) is 4.79 Å². The van der Waals surface area contributed by atoms with Crippen molar-refractivity contribution in [3.8, 4) is 5.75 Å². The summed E-state index contributed by atoms with van der Waals surface area (Å²) in [7, 11) is 0. The number of benzene rings is 1. The number of amides is 1. The third-order valence-corrected chi connectivity index (χ3v) is 3.84. The molecule has 0 unspecified atom stereocenters. The van der Waals surface area contributed by atoms with Crippen LogP contribution in [-0.4, -0.2) is 29.4 Å². The predicted molar refractivity (Wildman–Crippen MR) is 80.9 cm³/mol. The Kier molecular flexibility index (Phi) is 4.96. The summed E-state index contributed by atoms with van der Waals surface area (Å²) in [6.45, 7) is -0.311. The summed E-state index contributed by atoms with van der Waals surface area (Å²) in [4.78, 5) is 12.4. The molecule has 8 heteroatoms. The minimum atomic E-state index is -4.79. The normalized spacial score (nSPS) is 14.1. The molecule has 4 nitrogen and oxygen atoms in total. The van der Waals surface area contributed by atoms with E-state index in [1.54, 1.807) is 23.6 Å². The Morgan fingerprint density at radius 3 is 2.65 bits per heavy atom. The van der Waals surface area contributed by atoms with Crippen LogP contribution in [0.25, 0.3) is 0 Å². The molecule has 1 amide bonds. The summed E-state index contributed by atoms with van der Waals surface area (Å²) in [5.41, 5.74) is -2.57. The first-order chi connectivity index (χ1) is 10.7. The highest BCUT2D eigenvalue weighted by Crippen LogP contribution is 2.31. The molecule has 2 aromatic rings. The maximum Gasteiger partial charge on any atom is 0.420 e. The van der Waals surface area contributed by atoms with E-state index in [1.807, 2.05) is 0 Å². The molecule has 0 fully saturated rings. The van der Waals surface area contributed by atoms with Crippen LogP contribution in [0.15, 0.2) is 41.8 Å². The van der Waals surface area contributed by atoms with E-state index in [0.717, 1.165) is 0 Å². The first kappa shape index (κ1) is 17.3. The topological polar surface area (TPSA) is 58.6 Å². The van der Waals surface area contributed by atoms with E-state index in [4.69, 9.17) is 4.74 Å². The fourth-order valence-corrected chi connectivity index (χ4v) is 2.19. The average Bonchev–Trinajstić information content (AvgIpc) is 2.99. The van der Waals surface area contributed by atoms with Crippen LogP contribution in [0, 0.1) is 0 Å². The summed E-state index contributed by atoms with van der Waals surface area (Å²) in [5.74, 6) is -0.210. The lowest BCUT2D eigenvalue weighted by Gasteiger charge is -2.26. The summed E-state index contributed by atoms with van der Waals surface area (Å²) in [6, 6.07) is 9.33. The Hall–Kier alpha value is -2.06. The summed E-state index contributed by atoms with van der Waals surface area (Å²) >= 11 is 1.27. The second-order valence-corrected chi connectivity index (χ2v) is 5.97. The number of alkyl halides is 3. The number of nitrogens with one attached hydrogen (secondary N) is 1. The van der Waals surface area contributed by atoms with Gasteiger partial charge < -0.3 is 15.2 Å². The average molecular weight is 345 g/mol. The number of carbonyl (C=O) groups excluding carboxylic acids is 1. The van der Waals surface area contributed by atoms with Crippen LogP contribution < -0.4 is 10.1 Å². The zero-order valence-corrected chi connectivity index (χ0v) is 12.9. The van der Waals surface area contributed by atoms with Crippen LogP contribution in [0.2, 0.25) is 0 Å². The lowest BCUT2D eigenvalue weighted by molar-refractivity contribution is -0.260. The van der Waals surface area contributed by atoms with Crippen molar-refractivity contribution in [3.05, 3.63) is 46.7 Å². The Bertz CT molecular complexity index is 669. The molecule has 1 aromatic heterocycles. The van der Waals surface area contributed by atoms with E-state index in [1.165, 1.54) is 29.5 Å². The number of halogens is 3. The maximum atomic E-state index is 12.6. The van der Waals surface area contributed by atoms with Gasteiger partial charge in [0, 0.05) is 11.8 Å². The van der Waals surface area contributed by atoms with Crippen LogP contribution in [0.1, 0.15) is 16.6 Å². The summed E-state index contributed by atoms with van der Waals surface area (Å²) in [6.07, 6.45) is -4.79. The van der Waals surface area contributed by atoms with E-state index >= 15 is 0 Å². The number of carbonyl (C=O) groups is 1. The molecule has 0 spiro atoms. The van der Waals surface area contributed by atoms with Crippen LogP contribution in [0.3, 0.4) is 0 Å². The van der Waals surface area contributed by atoms with Crippen LogP contribution >= 0.6 is 11.3 Å². The zero-order valence-electron chi connectivity index (χ0n) is 12.1. The lowest BCUT2D eigenvalue weighted by Crippen LogP contribution is -2.47. The van der Waals surface area contributed by atoms with Crippen LogP contribution in [0.5, 0.6) is 5.75 Å². The second-order valence-electron chi connectivity index (χ2n) is 5.02. The van der Waals surface area contributed by atoms with Crippen molar-refractivity contribution in [1.29, 1.82) is 0 Å². The summed E-state index contributed by atoms with van der Waals surface area (Å²) < 4.78 is 42.7. The third kappa shape index (κ3) is 4.46. The molecule has 1 atom stereocenters. The van der Waals surface area contributed by atoms with E-state index in [0.29, 0.717) is 17.5 Å². The highest BCUT2D eigenvalue weighted by molar-refractivity contribution is 7.12. The third-order valence-electron chi connectivity index (χ3n) is 2.97. The predicted octanol–water partition coefficient (Wildman–Crippen LogP) is 3.69. The number of thiophene rings is 1. The van der Waals surface area contributed by atoms with Crippen molar-refractivity contribution in [2.75, 3.05) is 11.9 Å². The Balaban J connectivity index is 2.01. The first-order valence-corrected chi connectivity index (χ1v) is 7.44. The molecule has 0 radical (unpaired) electrons. The number of aliphatic hydroxyl groups is 1. The fraction of sp³-hybridized carbons (Fsp3) is 0.267. The number of hydrogen-bond donors (Lipinski definition) is 2. The van der Waals surface area contributed by atoms with E-state index in [2.05, 4.69) is 5.32 Å². The quantitative estimate of drug-likeness (QED) is 0.869. The Labute approximate surface area is 134 Å². The molecule has 0 aliphatic heterocycles. The van der Waals surface area contributed by atoms with Crippen molar-refractivity contribution >= 4 is 22.9 Å². The smallest absolute Gasteiger partial charge is 0.420 e. The van der Waals surface area contributed by atoms with Crippen LogP contribution in [-0.2, 0) is 0 Å². The second kappa shape index (κ2) is 6.59. The molecule has 0 bridgehead atoms. The number of anilines is 1. The van der Waals surface area contributed by atoms with Gasteiger partial charge in [0.05, 0.1) is 4.88 Å². The van der Waals surface area contributed by atoms with Gasteiger partial charge in [0.15, 0.2) is 5.60 Å². The van der Waals surface area contributed by atoms with Crippen molar-refractivity contribution in [2.45, 2.75) is 18.7 Å².